The van der Waals surface area contributed by atoms with Crippen LogP contribution in [0.1, 0.15) is 13.3 Å². The van der Waals surface area contributed by atoms with Gasteiger partial charge in [-0.05, 0) is 18.9 Å². The first-order valence-electron chi connectivity index (χ1n) is 4.31. The molecule has 1 fully saturated rings. The molecule has 1 aliphatic heterocycles. The van der Waals surface area contributed by atoms with E-state index in [0.29, 0.717) is 19.0 Å². The number of hydrogen-bond donors (Lipinski definition) is 0. The van der Waals surface area contributed by atoms with Crippen LogP contribution in [0.5, 0.6) is 0 Å². The van der Waals surface area contributed by atoms with Gasteiger partial charge in [-0.3, -0.25) is 4.90 Å². The number of hydrogen-bond acceptors (Lipinski definition) is 1. The van der Waals surface area contributed by atoms with Crippen molar-refractivity contribution in [2.45, 2.75) is 24.9 Å². The fourth-order valence-corrected chi connectivity index (χ4v) is 1.80. The molecule has 0 aromatic rings. The molecule has 0 aromatic carbocycles. The van der Waals surface area contributed by atoms with Crippen LogP contribution in [-0.2, 0) is 0 Å². The van der Waals surface area contributed by atoms with Crippen LogP contribution in [-0.4, -0.2) is 36.1 Å². The summed E-state index contributed by atoms with van der Waals surface area (Å²) in [5.41, 5.74) is 0. The molecule has 0 amide bonds. The Labute approximate surface area is 80.8 Å². The van der Waals surface area contributed by atoms with E-state index in [9.17, 15) is 13.2 Å². The predicted octanol–water partition coefficient (Wildman–Crippen LogP) is 2.50. The van der Waals surface area contributed by atoms with E-state index in [0.717, 1.165) is 6.42 Å². The molecule has 1 saturated heterocycles. The molecule has 2 atom stereocenters. The molecule has 1 aliphatic rings. The van der Waals surface area contributed by atoms with Gasteiger partial charge in [0.05, 0.1) is 6.54 Å². The molecule has 2 unspecified atom stereocenters. The average Bonchev–Trinajstić information content (AvgIpc) is 1.94. The monoisotopic (exact) mass is 215 g/mol. The van der Waals surface area contributed by atoms with Crippen LogP contribution in [0, 0.1) is 5.92 Å². The SMILES string of the molecule is CC1CCN(CC(F)(F)F)CC1Cl. The highest BCUT2D eigenvalue weighted by Crippen LogP contribution is 2.24. The normalized spacial score (nSPS) is 32.1. The molecule has 1 rings (SSSR count). The number of piperidine rings is 1. The topological polar surface area (TPSA) is 3.24 Å². The Balaban J connectivity index is 2.38. The smallest absolute Gasteiger partial charge is 0.294 e. The zero-order valence-corrected chi connectivity index (χ0v) is 8.20. The standard InChI is InChI=1S/C8H13ClF3N/c1-6-2-3-13(4-7(6)9)5-8(10,11)12/h6-7H,2-5H2,1H3. The molecule has 78 valence electrons. The van der Waals surface area contributed by atoms with E-state index >= 15 is 0 Å². The third-order valence-electron chi connectivity index (χ3n) is 2.35. The van der Waals surface area contributed by atoms with Crippen LogP contribution in [0.25, 0.3) is 0 Å². The Bertz CT molecular complexity index is 171. The van der Waals surface area contributed by atoms with Crippen molar-refractivity contribution >= 4 is 11.6 Å². The molecule has 5 heteroatoms. The van der Waals surface area contributed by atoms with Crippen LogP contribution in [0.4, 0.5) is 13.2 Å². The summed E-state index contributed by atoms with van der Waals surface area (Å²) >= 11 is 5.88. The lowest BCUT2D eigenvalue weighted by Gasteiger charge is -2.34. The van der Waals surface area contributed by atoms with E-state index in [2.05, 4.69) is 0 Å². The van der Waals surface area contributed by atoms with Gasteiger partial charge in [0.1, 0.15) is 0 Å². The summed E-state index contributed by atoms with van der Waals surface area (Å²) in [6, 6.07) is 0. The number of alkyl halides is 4. The van der Waals surface area contributed by atoms with Crippen molar-refractivity contribution in [3.63, 3.8) is 0 Å². The molecule has 0 N–H and O–H groups in total. The minimum atomic E-state index is -4.10. The fraction of sp³-hybridized carbons (Fsp3) is 1.00. The Morgan fingerprint density at radius 2 is 2.08 bits per heavy atom. The second-order valence-electron chi connectivity index (χ2n) is 3.63. The van der Waals surface area contributed by atoms with E-state index in [4.69, 9.17) is 11.6 Å². The Morgan fingerprint density at radius 3 is 2.54 bits per heavy atom. The molecule has 13 heavy (non-hydrogen) atoms. The minimum absolute atomic E-state index is 0.143. The molecule has 1 heterocycles. The molecule has 0 spiro atoms. The quantitative estimate of drug-likeness (QED) is 0.608. The van der Waals surface area contributed by atoms with E-state index in [1.165, 1.54) is 4.90 Å². The Hall–Kier alpha value is 0.0400. The Kier molecular flexibility index (Phi) is 3.46. The Morgan fingerprint density at radius 1 is 1.46 bits per heavy atom. The van der Waals surface area contributed by atoms with E-state index < -0.39 is 12.7 Å². The average molecular weight is 216 g/mol. The van der Waals surface area contributed by atoms with Crippen molar-refractivity contribution < 1.29 is 13.2 Å². The molecule has 0 radical (unpaired) electrons. The summed E-state index contributed by atoms with van der Waals surface area (Å²) in [6.07, 6.45) is -3.35. The third kappa shape index (κ3) is 3.73. The van der Waals surface area contributed by atoms with Gasteiger partial charge in [0.15, 0.2) is 0 Å². The molecule has 0 aliphatic carbocycles. The van der Waals surface area contributed by atoms with Gasteiger partial charge < -0.3 is 0 Å². The van der Waals surface area contributed by atoms with Gasteiger partial charge in [-0.25, -0.2) is 0 Å². The maximum atomic E-state index is 12.0. The van der Waals surface area contributed by atoms with Crippen LogP contribution >= 0.6 is 11.6 Å². The van der Waals surface area contributed by atoms with Gasteiger partial charge in [-0.15, -0.1) is 11.6 Å². The van der Waals surface area contributed by atoms with Crippen LogP contribution in [0.3, 0.4) is 0 Å². The van der Waals surface area contributed by atoms with Crippen molar-refractivity contribution in [1.29, 1.82) is 0 Å². The first kappa shape index (κ1) is 11.1. The maximum absolute atomic E-state index is 12.0. The van der Waals surface area contributed by atoms with Gasteiger partial charge in [0.2, 0.25) is 0 Å². The minimum Gasteiger partial charge on any atom is -0.294 e. The summed E-state index contributed by atoms with van der Waals surface area (Å²) in [5, 5.41) is -0.143. The lowest BCUT2D eigenvalue weighted by molar-refractivity contribution is -0.148. The molecule has 0 saturated carbocycles. The molecule has 0 aromatic heterocycles. The van der Waals surface area contributed by atoms with Crippen molar-refractivity contribution in [2.75, 3.05) is 19.6 Å². The van der Waals surface area contributed by atoms with Crippen LogP contribution in [0.2, 0.25) is 0 Å². The van der Waals surface area contributed by atoms with Crippen molar-refractivity contribution in [1.82, 2.24) is 4.90 Å². The number of likely N-dealkylation sites (tertiary alicyclic amines) is 1. The number of nitrogens with zero attached hydrogens (tertiary/aromatic N) is 1. The van der Waals surface area contributed by atoms with Crippen LogP contribution in [0.15, 0.2) is 0 Å². The second kappa shape index (κ2) is 4.05. The predicted molar refractivity (Wildman–Crippen MR) is 45.9 cm³/mol. The summed E-state index contributed by atoms with van der Waals surface area (Å²) in [7, 11) is 0. The van der Waals surface area contributed by atoms with Gasteiger partial charge in [-0.1, -0.05) is 6.92 Å². The first-order chi connectivity index (χ1) is 5.88. The zero-order valence-electron chi connectivity index (χ0n) is 7.44. The number of halogens is 4. The summed E-state index contributed by atoms with van der Waals surface area (Å²) in [5.74, 6) is 0.325. The highest BCUT2D eigenvalue weighted by atomic mass is 35.5. The van der Waals surface area contributed by atoms with Gasteiger partial charge in [0, 0.05) is 11.9 Å². The second-order valence-corrected chi connectivity index (χ2v) is 4.19. The first-order valence-corrected chi connectivity index (χ1v) is 4.75. The van der Waals surface area contributed by atoms with Crippen LogP contribution < -0.4 is 0 Å². The van der Waals surface area contributed by atoms with E-state index in [-0.39, 0.29) is 5.38 Å². The summed E-state index contributed by atoms with van der Waals surface area (Å²) in [6.45, 7) is 2.00. The third-order valence-corrected chi connectivity index (χ3v) is 2.92. The largest absolute Gasteiger partial charge is 0.401 e. The molecule has 0 bridgehead atoms. The van der Waals surface area contributed by atoms with Gasteiger partial charge in [-0.2, -0.15) is 13.2 Å². The number of rotatable bonds is 1. The van der Waals surface area contributed by atoms with Crippen molar-refractivity contribution in [3.8, 4) is 0 Å². The van der Waals surface area contributed by atoms with Gasteiger partial charge >= 0.3 is 6.18 Å². The zero-order chi connectivity index (χ0) is 10.1. The van der Waals surface area contributed by atoms with E-state index in [1.807, 2.05) is 6.92 Å². The molecule has 1 nitrogen and oxygen atoms in total. The summed E-state index contributed by atoms with van der Waals surface area (Å²) in [4.78, 5) is 1.37. The van der Waals surface area contributed by atoms with Gasteiger partial charge in [0.25, 0.3) is 0 Å². The highest BCUT2D eigenvalue weighted by molar-refractivity contribution is 6.21. The fourth-order valence-electron chi connectivity index (χ4n) is 1.48. The highest BCUT2D eigenvalue weighted by Gasteiger charge is 2.34. The van der Waals surface area contributed by atoms with Crippen molar-refractivity contribution in [2.24, 2.45) is 5.92 Å². The lowest BCUT2D eigenvalue weighted by Crippen LogP contribution is -2.44. The van der Waals surface area contributed by atoms with Crippen molar-refractivity contribution in [3.05, 3.63) is 0 Å². The molecular weight excluding hydrogens is 203 g/mol. The summed E-state index contributed by atoms with van der Waals surface area (Å²) < 4.78 is 35.9. The maximum Gasteiger partial charge on any atom is 0.401 e. The lowest BCUT2D eigenvalue weighted by atomic mass is 9.99. The molecular formula is C8H13ClF3N. The van der Waals surface area contributed by atoms with E-state index in [1.54, 1.807) is 0 Å².